The van der Waals surface area contributed by atoms with Crippen LogP contribution >= 0.6 is 12.2 Å². The number of hydrogen-bond acceptors (Lipinski definition) is 4. The first-order chi connectivity index (χ1) is 9.92. The van der Waals surface area contributed by atoms with Gasteiger partial charge < -0.3 is 19.6 Å². The number of hydrogen-bond donors (Lipinski definition) is 1. The summed E-state index contributed by atoms with van der Waals surface area (Å²) in [7, 11) is 1.83. The minimum Gasteiger partial charge on any atom is -0.480 e. The molecule has 0 aliphatic carbocycles. The Hall–Kier alpha value is -1.82. The van der Waals surface area contributed by atoms with Crippen LogP contribution in [-0.2, 0) is 9.53 Å². The molecule has 1 rings (SSSR count). The highest BCUT2D eigenvalue weighted by atomic mass is 32.1. The van der Waals surface area contributed by atoms with Crippen molar-refractivity contribution in [1.82, 2.24) is 0 Å². The summed E-state index contributed by atoms with van der Waals surface area (Å²) >= 11 is 5.18. The van der Waals surface area contributed by atoms with Crippen molar-refractivity contribution in [1.29, 1.82) is 0 Å². The lowest BCUT2D eigenvalue weighted by atomic mass is 10.2. The molecule has 5 nitrogen and oxygen atoms in total. The van der Waals surface area contributed by atoms with Crippen LogP contribution in [0.25, 0.3) is 0 Å². The molecular weight excluding hydrogens is 288 g/mol. The van der Waals surface area contributed by atoms with Gasteiger partial charge in [0.2, 0.25) is 0 Å². The lowest BCUT2D eigenvalue weighted by Crippen LogP contribution is -2.39. The molecule has 0 radical (unpaired) electrons. The minimum atomic E-state index is -0.847. The normalized spacial score (nSPS) is 11.6. The Morgan fingerprint density at radius 2 is 2.00 bits per heavy atom. The molecule has 1 aromatic rings. The van der Waals surface area contributed by atoms with Crippen molar-refractivity contribution in [3.05, 3.63) is 24.3 Å². The van der Waals surface area contributed by atoms with Crippen molar-refractivity contribution < 1.29 is 14.6 Å². The minimum absolute atomic E-state index is 0.393. The summed E-state index contributed by atoms with van der Waals surface area (Å²) in [6.07, 6.45) is 0. The predicted octanol–water partition coefficient (Wildman–Crippen LogP) is 2.74. The van der Waals surface area contributed by atoms with Gasteiger partial charge in [0.05, 0.1) is 6.61 Å². The van der Waals surface area contributed by atoms with Crippen molar-refractivity contribution in [2.45, 2.75) is 26.8 Å². The maximum Gasteiger partial charge on any atom is 0.326 e. The molecule has 0 aromatic heterocycles. The number of benzene rings is 1. The maximum atomic E-state index is 11.2. The number of ether oxygens (including phenoxy) is 1. The monoisotopic (exact) mass is 310 g/mol. The number of aliphatic carboxylic acids is 1. The van der Waals surface area contributed by atoms with E-state index in [1.165, 1.54) is 0 Å². The van der Waals surface area contributed by atoms with Gasteiger partial charge in [-0.3, -0.25) is 0 Å². The molecule has 0 bridgehead atoms. The molecule has 1 unspecified atom stereocenters. The molecular formula is C15H22N2O3S. The molecule has 0 saturated carbocycles. The number of nitrogens with zero attached hydrogens (tertiary/aromatic N) is 2. The van der Waals surface area contributed by atoms with E-state index < -0.39 is 12.0 Å². The predicted molar refractivity (Wildman–Crippen MR) is 89.2 cm³/mol. The molecule has 1 atom stereocenters. The molecule has 0 heterocycles. The van der Waals surface area contributed by atoms with E-state index in [9.17, 15) is 9.90 Å². The number of likely N-dealkylation sites (N-methyl/N-ethyl adjacent to an activating group) is 1. The molecule has 6 heteroatoms. The lowest BCUT2D eigenvalue weighted by Gasteiger charge is -2.28. The summed E-state index contributed by atoms with van der Waals surface area (Å²) in [6, 6.07) is 7.01. The zero-order chi connectivity index (χ0) is 16.0. The standard InChI is InChI=1S/C15H22N2O3S/c1-5-17(11(3)14(18)19)13-9-7-8-12(10-13)16(4)15(21)20-6-2/h7-11H,5-6H2,1-4H3,(H,18,19). The van der Waals surface area contributed by atoms with Crippen molar-refractivity contribution in [3.63, 3.8) is 0 Å². The average Bonchev–Trinajstić information content (AvgIpc) is 2.47. The Balaban J connectivity index is 3.03. The molecule has 0 spiro atoms. The second kappa shape index (κ2) is 7.83. The van der Waals surface area contributed by atoms with Crippen molar-refractivity contribution in [2.24, 2.45) is 0 Å². The van der Waals surface area contributed by atoms with Crippen LogP contribution in [0.3, 0.4) is 0 Å². The fraction of sp³-hybridized carbons (Fsp3) is 0.467. The molecule has 21 heavy (non-hydrogen) atoms. The quantitative estimate of drug-likeness (QED) is 0.815. The Bertz CT molecular complexity index is 507. The fourth-order valence-electron chi connectivity index (χ4n) is 2.02. The summed E-state index contributed by atoms with van der Waals surface area (Å²) in [5.74, 6) is -0.847. The van der Waals surface area contributed by atoms with Gasteiger partial charge in [-0.1, -0.05) is 6.07 Å². The summed E-state index contributed by atoms with van der Waals surface area (Å²) < 4.78 is 5.32. The first kappa shape index (κ1) is 17.2. The van der Waals surface area contributed by atoms with Crippen molar-refractivity contribution in [2.75, 3.05) is 30.0 Å². The van der Waals surface area contributed by atoms with Crippen LogP contribution < -0.4 is 9.80 Å². The molecule has 0 saturated heterocycles. The lowest BCUT2D eigenvalue weighted by molar-refractivity contribution is -0.138. The van der Waals surface area contributed by atoms with E-state index in [-0.39, 0.29) is 0 Å². The molecule has 1 N–H and O–H groups in total. The third-order valence-corrected chi connectivity index (χ3v) is 3.65. The summed E-state index contributed by atoms with van der Waals surface area (Å²) in [5.41, 5.74) is 1.71. The Morgan fingerprint density at radius 3 is 2.52 bits per heavy atom. The van der Waals surface area contributed by atoms with Gasteiger partial charge in [0.1, 0.15) is 6.04 Å². The van der Waals surface area contributed by atoms with Gasteiger partial charge in [-0.15, -0.1) is 0 Å². The van der Waals surface area contributed by atoms with Crippen LogP contribution in [-0.4, -0.2) is 42.5 Å². The van der Waals surface area contributed by atoms with Crippen LogP contribution in [0.5, 0.6) is 0 Å². The first-order valence-electron chi connectivity index (χ1n) is 6.92. The maximum absolute atomic E-state index is 11.2. The van der Waals surface area contributed by atoms with Gasteiger partial charge in [-0.05, 0) is 51.2 Å². The SMILES string of the molecule is CCOC(=S)N(C)c1cccc(N(CC)C(C)C(=O)O)c1. The van der Waals surface area contributed by atoms with E-state index >= 15 is 0 Å². The van der Waals surface area contributed by atoms with E-state index in [1.807, 2.05) is 50.1 Å². The molecule has 116 valence electrons. The molecule has 0 aliphatic heterocycles. The van der Waals surface area contributed by atoms with E-state index in [0.717, 1.165) is 11.4 Å². The number of thiocarbonyl (C=S) groups is 1. The third kappa shape index (κ3) is 4.32. The van der Waals surface area contributed by atoms with Crippen LogP contribution in [0.1, 0.15) is 20.8 Å². The van der Waals surface area contributed by atoms with Crippen LogP contribution in [0.2, 0.25) is 0 Å². The largest absolute Gasteiger partial charge is 0.480 e. The molecule has 1 aromatic carbocycles. The third-order valence-electron chi connectivity index (χ3n) is 3.26. The molecule has 0 fully saturated rings. The van der Waals surface area contributed by atoms with Crippen LogP contribution in [0, 0.1) is 0 Å². The molecule has 0 aliphatic rings. The van der Waals surface area contributed by atoms with Gasteiger partial charge in [0.15, 0.2) is 0 Å². The Morgan fingerprint density at radius 1 is 1.38 bits per heavy atom. The number of rotatable bonds is 6. The first-order valence-corrected chi connectivity index (χ1v) is 7.33. The Kier molecular flexibility index (Phi) is 6.42. The second-order valence-electron chi connectivity index (χ2n) is 4.58. The smallest absolute Gasteiger partial charge is 0.326 e. The van der Waals surface area contributed by atoms with Crippen LogP contribution in [0.15, 0.2) is 24.3 Å². The van der Waals surface area contributed by atoms with E-state index in [2.05, 4.69) is 0 Å². The number of carboxylic acids is 1. The summed E-state index contributed by atoms with van der Waals surface area (Å²) in [6.45, 7) is 6.61. The van der Waals surface area contributed by atoms with Crippen molar-refractivity contribution in [3.8, 4) is 0 Å². The van der Waals surface area contributed by atoms with E-state index in [0.29, 0.717) is 18.3 Å². The zero-order valence-corrected chi connectivity index (χ0v) is 13.7. The second-order valence-corrected chi connectivity index (χ2v) is 4.93. The summed E-state index contributed by atoms with van der Waals surface area (Å²) in [4.78, 5) is 14.8. The van der Waals surface area contributed by atoms with Gasteiger partial charge in [-0.2, -0.15) is 0 Å². The van der Waals surface area contributed by atoms with Gasteiger partial charge in [0.25, 0.3) is 5.17 Å². The van der Waals surface area contributed by atoms with Gasteiger partial charge in [-0.25, -0.2) is 4.79 Å². The number of carbonyl (C=O) groups is 1. The number of carboxylic acid groups (broad SMARTS) is 1. The number of anilines is 2. The molecule has 0 amide bonds. The van der Waals surface area contributed by atoms with E-state index in [1.54, 1.807) is 11.8 Å². The van der Waals surface area contributed by atoms with Crippen molar-refractivity contribution >= 4 is 34.7 Å². The fourth-order valence-corrected chi connectivity index (χ4v) is 2.24. The highest BCUT2D eigenvalue weighted by Gasteiger charge is 2.20. The van der Waals surface area contributed by atoms with E-state index in [4.69, 9.17) is 17.0 Å². The highest BCUT2D eigenvalue weighted by molar-refractivity contribution is 7.80. The zero-order valence-electron chi connectivity index (χ0n) is 12.9. The van der Waals surface area contributed by atoms with Gasteiger partial charge in [0, 0.05) is 25.0 Å². The Labute approximate surface area is 131 Å². The topological polar surface area (TPSA) is 53.0 Å². The van der Waals surface area contributed by atoms with Gasteiger partial charge >= 0.3 is 5.97 Å². The highest BCUT2D eigenvalue weighted by Crippen LogP contribution is 2.24. The van der Waals surface area contributed by atoms with Crippen LogP contribution in [0.4, 0.5) is 11.4 Å². The average molecular weight is 310 g/mol. The summed E-state index contributed by atoms with van der Waals surface area (Å²) in [5, 5.41) is 9.58.